The lowest BCUT2D eigenvalue weighted by Gasteiger charge is -2.28. The van der Waals surface area contributed by atoms with E-state index in [9.17, 15) is 9.18 Å². The minimum absolute atomic E-state index is 0.0119. The second-order valence-corrected chi connectivity index (χ2v) is 10.5. The number of esters is 1. The molecule has 7 nitrogen and oxygen atoms in total. The summed E-state index contributed by atoms with van der Waals surface area (Å²) in [5, 5.41) is 3.38. The summed E-state index contributed by atoms with van der Waals surface area (Å²) in [7, 11) is 1.42. The molecule has 4 rings (SSSR count). The number of benzene rings is 1. The maximum atomic E-state index is 14.5. The molecule has 0 aliphatic carbocycles. The fourth-order valence-corrected chi connectivity index (χ4v) is 4.35. The van der Waals surface area contributed by atoms with Crippen molar-refractivity contribution in [3.8, 4) is 5.75 Å². The highest BCUT2D eigenvalue weighted by Gasteiger charge is 2.33. The van der Waals surface area contributed by atoms with E-state index in [1.54, 1.807) is 23.3 Å². The third-order valence-electron chi connectivity index (χ3n) is 6.38. The van der Waals surface area contributed by atoms with Crippen molar-refractivity contribution < 1.29 is 23.4 Å². The molecule has 1 N–H and O–H groups in total. The zero-order valence-electron chi connectivity index (χ0n) is 21.6. The number of hydrogen-bond donors (Lipinski definition) is 1. The van der Waals surface area contributed by atoms with Gasteiger partial charge in [-0.3, -0.25) is 9.69 Å². The van der Waals surface area contributed by atoms with Gasteiger partial charge in [-0.1, -0.05) is 26.8 Å². The van der Waals surface area contributed by atoms with Gasteiger partial charge in [0.05, 0.1) is 18.5 Å². The van der Waals surface area contributed by atoms with Crippen LogP contribution in [0.1, 0.15) is 64.1 Å². The van der Waals surface area contributed by atoms with Crippen LogP contribution in [-0.4, -0.2) is 31.0 Å². The Morgan fingerprint density at radius 3 is 2.83 bits per heavy atom. The molecule has 0 amide bonds. The number of nitrogens with zero attached hydrogens (tertiary/aromatic N) is 2. The fourth-order valence-electron chi connectivity index (χ4n) is 4.35. The van der Waals surface area contributed by atoms with Gasteiger partial charge in [-0.05, 0) is 67.7 Å². The van der Waals surface area contributed by atoms with Gasteiger partial charge in [0.2, 0.25) is 0 Å². The summed E-state index contributed by atoms with van der Waals surface area (Å²) >= 11 is 0. The van der Waals surface area contributed by atoms with Gasteiger partial charge in [0, 0.05) is 24.7 Å². The number of hydrogen-bond acceptors (Lipinski definition) is 7. The highest BCUT2D eigenvalue weighted by molar-refractivity contribution is 5.70. The average Bonchev–Trinajstić information content (AvgIpc) is 3.24. The van der Waals surface area contributed by atoms with Crippen LogP contribution in [0.4, 0.5) is 15.9 Å². The minimum atomic E-state index is -0.980. The molecule has 8 heteroatoms. The summed E-state index contributed by atoms with van der Waals surface area (Å²) in [5.74, 6) is 0.286. The number of nitrogens with one attached hydrogen (secondary N) is 1. The number of carbonyl (C=O) groups excluding carboxylic acids is 1. The number of fused-ring (bicyclic) bond motifs is 1. The molecule has 1 atom stereocenters. The Bertz CT molecular complexity index is 1110. The van der Waals surface area contributed by atoms with Crippen molar-refractivity contribution in [3.05, 3.63) is 59.4 Å². The number of anilines is 2. The summed E-state index contributed by atoms with van der Waals surface area (Å²) in [5.41, 5.74) is 3.64. The van der Waals surface area contributed by atoms with Gasteiger partial charge in [0.25, 0.3) is 0 Å². The van der Waals surface area contributed by atoms with Crippen molar-refractivity contribution in [2.45, 2.75) is 72.1 Å². The smallest absolute Gasteiger partial charge is 0.333 e. The number of halogens is 1. The third-order valence-corrected chi connectivity index (χ3v) is 6.38. The van der Waals surface area contributed by atoms with Gasteiger partial charge < -0.3 is 19.5 Å². The summed E-state index contributed by atoms with van der Waals surface area (Å²) in [6.07, 6.45) is 6.02. The van der Waals surface area contributed by atoms with Crippen LogP contribution in [0.3, 0.4) is 0 Å². The predicted molar refractivity (Wildman–Crippen MR) is 137 cm³/mol. The first-order valence-electron chi connectivity index (χ1n) is 12.6. The molecule has 3 heterocycles. The van der Waals surface area contributed by atoms with E-state index in [0.29, 0.717) is 18.5 Å². The lowest BCUT2D eigenvalue weighted by molar-refractivity contribution is -0.166. The molecule has 0 saturated carbocycles. The lowest BCUT2D eigenvalue weighted by atomic mass is 9.91. The van der Waals surface area contributed by atoms with Gasteiger partial charge >= 0.3 is 12.4 Å². The average molecular weight is 498 g/mol. The second kappa shape index (κ2) is 11.2. The van der Waals surface area contributed by atoms with E-state index in [4.69, 9.17) is 19.2 Å². The topological polar surface area (TPSA) is 72.9 Å². The molecule has 2 aliphatic rings. The Balaban J connectivity index is 1.44. The number of allylic oxidation sites excluding steroid dienone is 1. The number of rotatable bonds is 9. The normalized spacial score (nSPS) is 17.1. The molecule has 0 spiro atoms. The van der Waals surface area contributed by atoms with Crippen LogP contribution in [0.2, 0.25) is 0 Å². The van der Waals surface area contributed by atoms with E-state index >= 15 is 0 Å². The Hall–Kier alpha value is -3.29. The largest absolute Gasteiger partial charge is 0.494 e. The van der Waals surface area contributed by atoms with Crippen molar-refractivity contribution in [3.63, 3.8) is 0 Å². The van der Waals surface area contributed by atoms with E-state index in [-0.39, 0.29) is 23.6 Å². The Morgan fingerprint density at radius 1 is 1.25 bits per heavy atom. The van der Waals surface area contributed by atoms with E-state index in [1.807, 2.05) is 0 Å². The van der Waals surface area contributed by atoms with E-state index in [0.717, 1.165) is 49.4 Å². The third kappa shape index (κ3) is 6.47. The number of carbonyl (C=O) groups is 1. The number of aromatic nitrogens is 1. The molecule has 1 unspecified atom stereocenters. The first-order valence-corrected chi connectivity index (χ1v) is 12.6. The predicted octanol–water partition coefficient (Wildman–Crippen LogP) is 5.94. The zero-order valence-corrected chi connectivity index (χ0v) is 21.6. The van der Waals surface area contributed by atoms with E-state index in [1.165, 1.54) is 18.7 Å². The molecule has 36 heavy (non-hydrogen) atoms. The monoisotopic (exact) mass is 497 g/mol. The standard InChI is InChI=1S/C28H36FN3O4/c1-28(2,3)15-14-25(33)36-27-32(21-12-13-24(34-4)23(29)17-21)22(18-35-27)9-5-8-20-11-10-19-7-6-16-30-26(19)31-20/h10-13,17-18,27H,5-9,14-16H2,1-4H3,(H,30,31). The van der Waals surface area contributed by atoms with E-state index < -0.39 is 12.2 Å². The molecule has 0 saturated heterocycles. The molecule has 194 valence electrons. The van der Waals surface area contributed by atoms with Crippen LogP contribution >= 0.6 is 0 Å². The molecule has 0 radical (unpaired) electrons. The molecule has 0 bridgehead atoms. The van der Waals surface area contributed by atoms with Crippen molar-refractivity contribution in [2.75, 3.05) is 23.9 Å². The van der Waals surface area contributed by atoms with Crippen molar-refractivity contribution in [1.29, 1.82) is 0 Å². The zero-order chi connectivity index (χ0) is 25.7. The lowest BCUT2D eigenvalue weighted by Crippen LogP contribution is -2.35. The minimum Gasteiger partial charge on any atom is -0.494 e. The highest BCUT2D eigenvalue weighted by Crippen LogP contribution is 2.34. The van der Waals surface area contributed by atoms with Gasteiger partial charge in [0.1, 0.15) is 12.1 Å². The summed E-state index contributed by atoms with van der Waals surface area (Å²) in [6.45, 7) is 7.18. The fraction of sp³-hybridized carbons (Fsp3) is 0.500. The summed E-state index contributed by atoms with van der Waals surface area (Å²) in [4.78, 5) is 19.1. The van der Waals surface area contributed by atoms with Crippen LogP contribution in [0, 0.1) is 11.2 Å². The SMILES string of the molecule is COc1ccc(N2C(CCCc3ccc4c(n3)NCCC4)=COC2OC(=O)CCC(C)(C)C)cc1F. The van der Waals surface area contributed by atoms with Gasteiger partial charge in [0.15, 0.2) is 11.6 Å². The number of pyridine rings is 1. The second-order valence-electron chi connectivity index (χ2n) is 10.5. The van der Waals surface area contributed by atoms with Crippen molar-refractivity contribution in [1.82, 2.24) is 4.98 Å². The molecule has 0 fully saturated rings. The van der Waals surface area contributed by atoms with E-state index in [2.05, 4.69) is 38.2 Å². The van der Waals surface area contributed by atoms with Crippen LogP contribution < -0.4 is 15.0 Å². The van der Waals surface area contributed by atoms with Crippen LogP contribution in [0.5, 0.6) is 5.75 Å². The highest BCUT2D eigenvalue weighted by atomic mass is 19.1. The van der Waals surface area contributed by atoms with Crippen LogP contribution in [0.25, 0.3) is 0 Å². The number of ether oxygens (including phenoxy) is 3. The maximum absolute atomic E-state index is 14.5. The number of methoxy groups -OCH3 is 1. The summed E-state index contributed by atoms with van der Waals surface area (Å²) in [6, 6.07) is 8.90. The first-order chi connectivity index (χ1) is 17.2. The molecule has 1 aromatic heterocycles. The van der Waals surface area contributed by atoms with Gasteiger partial charge in [-0.2, -0.15) is 0 Å². The molecule has 2 aliphatic heterocycles. The maximum Gasteiger partial charge on any atom is 0.333 e. The van der Waals surface area contributed by atoms with Crippen LogP contribution in [-0.2, 0) is 27.1 Å². The summed E-state index contributed by atoms with van der Waals surface area (Å²) < 4.78 is 31.0. The first kappa shape index (κ1) is 25.8. The quantitative estimate of drug-likeness (QED) is 0.430. The van der Waals surface area contributed by atoms with Crippen molar-refractivity contribution in [2.24, 2.45) is 5.41 Å². The van der Waals surface area contributed by atoms with Crippen LogP contribution in [0.15, 0.2) is 42.3 Å². The van der Waals surface area contributed by atoms with Gasteiger partial charge in [-0.15, -0.1) is 0 Å². The number of aryl methyl sites for hydroxylation is 2. The Labute approximate surface area is 212 Å². The Kier molecular flexibility index (Phi) is 8.01. The molecular formula is C28H36FN3O4. The van der Waals surface area contributed by atoms with Gasteiger partial charge in [-0.25, -0.2) is 9.37 Å². The molecular weight excluding hydrogens is 461 g/mol. The van der Waals surface area contributed by atoms with Crippen molar-refractivity contribution >= 4 is 17.5 Å². The molecule has 2 aromatic rings. The molecule has 1 aromatic carbocycles. The Morgan fingerprint density at radius 2 is 2.08 bits per heavy atom.